The number of carbonyl (C=O) groups excluding carboxylic acids is 1. The lowest BCUT2D eigenvalue weighted by atomic mass is 9.78. The van der Waals surface area contributed by atoms with E-state index in [2.05, 4.69) is 5.32 Å². The second-order valence-corrected chi connectivity index (χ2v) is 8.93. The predicted octanol–water partition coefficient (Wildman–Crippen LogP) is 2.81. The molecule has 0 bridgehead atoms. The third-order valence-corrected chi connectivity index (χ3v) is 6.00. The summed E-state index contributed by atoms with van der Waals surface area (Å²) in [6, 6.07) is 1.59. The highest BCUT2D eigenvalue weighted by molar-refractivity contribution is 8.13. The first-order chi connectivity index (χ1) is 9.78. The van der Waals surface area contributed by atoms with Crippen LogP contribution in [0.2, 0.25) is 0 Å². The number of hydrogen-bond donors (Lipinski definition) is 1. The van der Waals surface area contributed by atoms with Crippen LogP contribution in [-0.4, -0.2) is 24.4 Å². The van der Waals surface area contributed by atoms with E-state index in [1.807, 2.05) is 6.92 Å². The van der Waals surface area contributed by atoms with Crippen molar-refractivity contribution in [1.82, 2.24) is 9.88 Å². The monoisotopic (exact) mass is 330 g/mol. The molecule has 0 radical (unpaired) electrons. The molecule has 1 aromatic rings. The van der Waals surface area contributed by atoms with Gasteiger partial charge in [0.2, 0.25) is 0 Å². The molecule has 5 nitrogen and oxygen atoms in total. The third kappa shape index (κ3) is 2.83. The largest absolute Gasteiger partial charge is 0.346 e. The first-order valence-corrected chi connectivity index (χ1v) is 9.58. The lowest BCUT2D eigenvalue weighted by Gasteiger charge is -2.39. The SMILES string of the molecule is CC1(NC(=O)c2cc(S(=O)(=O)Cl)cn2C2CCC2)CCC1. The first-order valence-electron chi connectivity index (χ1n) is 7.28. The molecule has 0 spiro atoms. The molecular formula is C14H19ClN2O3S. The van der Waals surface area contributed by atoms with Crippen LogP contribution in [0.25, 0.3) is 0 Å². The number of nitrogens with one attached hydrogen (secondary N) is 1. The summed E-state index contributed by atoms with van der Waals surface area (Å²) >= 11 is 0. The van der Waals surface area contributed by atoms with Gasteiger partial charge in [-0.05, 0) is 51.5 Å². The van der Waals surface area contributed by atoms with Crippen LogP contribution >= 0.6 is 10.7 Å². The summed E-state index contributed by atoms with van der Waals surface area (Å²) in [5.74, 6) is -0.212. The Morgan fingerprint density at radius 3 is 2.48 bits per heavy atom. The van der Waals surface area contributed by atoms with Crippen molar-refractivity contribution in [2.24, 2.45) is 0 Å². The van der Waals surface area contributed by atoms with E-state index in [4.69, 9.17) is 10.7 Å². The Hall–Kier alpha value is -1.01. The van der Waals surface area contributed by atoms with E-state index in [1.54, 1.807) is 4.57 Å². The normalized spacial score (nSPS) is 21.4. The van der Waals surface area contributed by atoms with Crippen molar-refractivity contribution in [3.63, 3.8) is 0 Å². The van der Waals surface area contributed by atoms with Crippen LogP contribution in [0.1, 0.15) is 62.0 Å². The van der Waals surface area contributed by atoms with Crippen molar-refractivity contribution < 1.29 is 13.2 Å². The smallest absolute Gasteiger partial charge is 0.268 e. The average molecular weight is 331 g/mol. The highest BCUT2D eigenvalue weighted by Gasteiger charge is 2.35. The Morgan fingerprint density at radius 1 is 1.38 bits per heavy atom. The molecule has 0 atom stereocenters. The summed E-state index contributed by atoms with van der Waals surface area (Å²) in [7, 11) is 1.59. The van der Waals surface area contributed by atoms with Crippen molar-refractivity contribution in [2.45, 2.75) is 61.9 Å². The van der Waals surface area contributed by atoms with Gasteiger partial charge in [0, 0.05) is 28.5 Å². The van der Waals surface area contributed by atoms with E-state index < -0.39 is 9.05 Å². The summed E-state index contributed by atoms with van der Waals surface area (Å²) in [5, 5.41) is 3.02. The highest BCUT2D eigenvalue weighted by Crippen LogP contribution is 2.36. The van der Waals surface area contributed by atoms with Gasteiger partial charge in [0.25, 0.3) is 15.0 Å². The molecule has 0 aliphatic heterocycles. The zero-order valence-corrected chi connectivity index (χ0v) is 13.5. The van der Waals surface area contributed by atoms with Gasteiger partial charge in [0.1, 0.15) is 10.6 Å². The molecule has 7 heteroatoms. The number of halogens is 1. The summed E-state index contributed by atoms with van der Waals surface area (Å²) in [5.41, 5.74) is 0.235. The second-order valence-electron chi connectivity index (χ2n) is 6.36. The van der Waals surface area contributed by atoms with Gasteiger partial charge >= 0.3 is 0 Å². The van der Waals surface area contributed by atoms with E-state index >= 15 is 0 Å². The molecule has 21 heavy (non-hydrogen) atoms. The van der Waals surface area contributed by atoms with E-state index in [-0.39, 0.29) is 22.4 Å². The second kappa shape index (κ2) is 5.02. The van der Waals surface area contributed by atoms with Crippen molar-refractivity contribution in [1.29, 1.82) is 0 Å². The minimum absolute atomic E-state index is 0.0000193. The predicted molar refractivity (Wildman–Crippen MR) is 80.1 cm³/mol. The van der Waals surface area contributed by atoms with Gasteiger partial charge in [-0.25, -0.2) is 8.42 Å². The molecule has 0 aromatic carbocycles. The molecule has 1 N–H and O–H groups in total. The van der Waals surface area contributed by atoms with Gasteiger partial charge in [-0.3, -0.25) is 4.79 Å². The summed E-state index contributed by atoms with van der Waals surface area (Å²) in [4.78, 5) is 12.5. The highest BCUT2D eigenvalue weighted by atomic mass is 35.7. The number of aromatic nitrogens is 1. The van der Waals surface area contributed by atoms with Crippen LogP contribution < -0.4 is 5.32 Å². The van der Waals surface area contributed by atoms with Gasteiger partial charge < -0.3 is 9.88 Å². The summed E-state index contributed by atoms with van der Waals surface area (Å²) in [6.07, 6.45) is 7.56. The molecule has 2 aliphatic rings. The van der Waals surface area contributed by atoms with Crippen LogP contribution in [-0.2, 0) is 9.05 Å². The van der Waals surface area contributed by atoms with Crippen LogP contribution in [0.4, 0.5) is 0 Å². The number of hydrogen-bond acceptors (Lipinski definition) is 3. The van der Waals surface area contributed by atoms with E-state index in [9.17, 15) is 13.2 Å². The van der Waals surface area contributed by atoms with Gasteiger partial charge in [0.15, 0.2) is 0 Å². The van der Waals surface area contributed by atoms with E-state index in [1.165, 1.54) is 12.3 Å². The number of nitrogens with zero attached hydrogens (tertiary/aromatic N) is 1. The van der Waals surface area contributed by atoms with Crippen LogP contribution in [0.5, 0.6) is 0 Å². The lowest BCUT2D eigenvalue weighted by molar-refractivity contribution is 0.0835. The summed E-state index contributed by atoms with van der Waals surface area (Å²) < 4.78 is 24.8. The Bertz CT molecular complexity index is 672. The van der Waals surface area contributed by atoms with Crippen molar-refractivity contribution >= 4 is 25.6 Å². The molecular weight excluding hydrogens is 312 g/mol. The molecule has 0 unspecified atom stereocenters. The quantitative estimate of drug-likeness (QED) is 0.863. The Balaban J connectivity index is 1.91. The maximum absolute atomic E-state index is 12.5. The average Bonchev–Trinajstić information content (AvgIpc) is 2.69. The topological polar surface area (TPSA) is 68.2 Å². The third-order valence-electron chi connectivity index (χ3n) is 4.68. The standard InChI is InChI=1S/C14H19ClN2O3S/c1-14(6-3-7-14)16-13(18)12-8-11(21(15,19)20)9-17(12)10-4-2-5-10/h8-10H,2-7H2,1H3,(H,16,18). The summed E-state index contributed by atoms with van der Waals surface area (Å²) in [6.45, 7) is 2.02. The fourth-order valence-electron chi connectivity index (χ4n) is 2.91. The molecule has 1 aromatic heterocycles. The maximum atomic E-state index is 12.5. The molecule has 2 fully saturated rings. The van der Waals surface area contributed by atoms with E-state index in [0.717, 1.165) is 38.5 Å². The van der Waals surface area contributed by atoms with Crippen molar-refractivity contribution in [3.05, 3.63) is 18.0 Å². The maximum Gasteiger partial charge on any atom is 0.268 e. The molecule has 1 amide bonds. The minimum atomic E-state index is -3.82. The fraction of sp³-hybridized carbons (Fsp3) is 0.643. The Morgan fingerprint density at radius 2 is 2.05 bits per heavy atom. The van der Waals surface area contributed by atoms with Crippen LogP contribution in [0.15, 0.2) is 17.2 Å². The Labute approximate surface area is 129 Å². The van der Waals surface area contributed by atoms with Gasteiger partial charge in [-0.1, -0.05) is 0 Å². The zero-order chi connectivity index (χ0) is 15.3. The van der Waals surface area contributed by atoms with Crippen molar-refractivity contribution in [3.8, 4) is 0 Å². The molecule has 2 aliphatic carbocycles. The number of rotatable bonds is 4. The molecule has 0 saturated heterocycles. The Kier molecular flexibility index (Phi) is 3.56. The first kappa shape index (κ1) is 14.9. The number of amides is 1. The lowest BCUT2D eigenvalue weighted by Crippen LogP contribution is -2.51. The zero-order valence-electron chi connectivity index (χ0n) is 11.9. The number of carbonyl (C=O) groups is 1. The molecule has 2 saturated carbocycles. The van der Waals surface area contributed by atoms with Gasteiger partial charge in [-0.15, -0.1) is 0 Å². The molecule has 1 heterocycles. The molecule has 116 valence electrons. The fourth-order valence-corrected chi connectivity index (χ4v) is 3.65. The van der Waals surface area contributed by atoms with Crippen molar-refractivity contribution in [2.75, 3.05) is 0 Å². The van der Waals surface area contributed by atoms with Crippen LogP contribution in [0, 0.1) is 0 Å². The van der Waals surface area contributed by atoms with Gasteiger partial charge in [-0.2, -0.15) is 0 Å². The molecule has 3 rings (SSSR count). The van der Waals surface area contributed by atoms with Crippen LogP contribution in [0.3, 0.4) is 0 Å². The van der Waals surface area contributed by atoms with Gasteiger partial charge in [0.05, 0.1) is 0 Å². The minimum Gasteiger partial charge on any atom is -0.346 e. The van der Waals surface area contributed by atoms with E-state index in [0.29, 0.717) is 5.69 Å².